The number of para-hydroxylation sites is 2. The van der Waals surface area contributed by atoms with E-state index < -0.39 is 185 Å². The van der Waals surface area contributed by atoms with Crippen LogP contribution in [0.3, 0.4) is 0 Å². The van der Waals surface area contributed by atoms with Gasteiger partial charge in [-0.3, -0.25) is 9.59 Å². The van der Waals surface area contributed by atoms with Crippen LogP contribution in [0, 0.1) is 23.7 Å². The maximum Gasteiger partial charge on any atom is 0.415 e. The standard InChI is InChI=1S/2C20H19Cl2NO3.B61/c2*1-13-12-23(20(25)26-15-5-3-2-4-6-15)10-9-16(13)19(24)14-7-8-17(21)18(22)11-14;1-32-48(33(2)3)56(49(34(4)5)35(6)7)60(57(50(36(8)9)37(10)11)51(38(12)13)39(14)15)61(58(52(40(16)17)41(18)19)53(42(20)21)43(22)23)59(54(44(24)25)45(26)27)55(46(28)29)47(30)31/h2*2-8,11,13,16H,9-10,12H2,1H3;/t13-,16+;13-,16-;/m01./s1. The van der Waals surface area contributed by atoms with Gasteiger partial charge in [-0.1, -0.05) is 96.6 Å². The normalized spacial score (nSPS) is 14.4. The third-order valence-corrected chi connectivity index (χ3v) is 23.5. The second-order valence-electron chi connectivity index (χ2n) is 29.9. The molecular formula is C40H38B61Cl4N2O6. The number of likely N-dealkylation sites (tertiary alicyclic amines) is 2. The fraction of sp³-hybridized carbons (Fsp3) is 0.300. The van der Waals surface area contributed by atoms with Crippen LogP contribution in [0.5, 0.6) is 11.5 Å². The average molecular weight is 1440 g/mol. The van der Waals surface area contributed by atoms with E-state index >= 15 is 0 Å². The predicted molar refractivity (Wildman–Crippen MR) is 555 cm³/mol. The highest BCUT2D eigenvalue weighted by Crippen LogP contribution is 2.33. The van der Waals surface area contributed by atoms with Gasteiger partial charge in [0.15, 0.2) is 11.6 Å². The Morgan fingerprint density at radius 3 is 0.770 bits per heavy atom. The first-order chi connectivity index (χ1) is 52.7. The Morgan fingerprint density at radius 2 is 0.558 bits per heavy atom. The molecular weight excluding hydrogens is 1410 g/mol. The van der Waals surface area contributed by atoms with Crippen molar-refractivity contribution in [2.75, 3.05) is 26.2 Å². The first-order valence-electron chi connectivity index (χ1n) is 36.9. The Kier molecular flexibility index (Phi) is 46.5. The molecule has 2 aliphatic rings. The Bertz CT molecular complexity index is 3250. The third-order valence-electron chi connectivity index (χ3n) is 22.0. The van der Waals surface area contributed by atoms with E-state index in [4.69, 9.17) is 296 Å². The number of ketones is 2. The fourth-order valence-electron chi connectivity index (χ4n) is 17.0. The first kappa shape index (κ1) is 105. The number of Topliss-reactive ketones (excluding diaryl/α,β-unsaturated/α-hetero) is 2. The number of nitrogens with zero attached hydrogens (tertiary/aromatic N) is 2. The minimum atomic E-state index is -1.51. The molecule has 73 heteroatoms. The summed E-state index contributed by atoms with van der Waals surface area (Å²) in [4.78, 5) is 53.6. The van der Waals surface area contributed by atoms with E-state index in [2.05, 4.69) is 0 Å². The molecule has 0 aliphatic carbocycles. The van der Waals surface area contributed by atoms with Crippen LogP contribution in [0.15, 0.2) is 97.1 Å². The molecule has 4 aromatic rings. The summed E-state index contributed by atoms with van der Waals surface area (Å²) in [5.41, 5.74) is 1.10. The zero-order chi connectivity index (χ0) is 85.8. The third kappa shape index (κ3) is 29.5. The molecule has 2 saturated heterocycles. The summed E-state index contributed by atoms with van der Waals surface area (Å²) in [6.45, 7) is 5.86. The van der Waals surface area contributed by atoms with Gasteiger partial charge in [0, 0.05) is 481 Å². The second kappa shape index (κ2) is 50.0. The molecule has 0 spiro atoms. The molecule has 2 amide bonds. The van der Waals surface area contributed by atoms with Crippen molar-refractivity contribution in [1.29, 1.82) is 0 Å². The van der Waals surface area contributed by atoms with Gasteiger partial charge in [-0.05, 0) is 85.3 Å². The van der Waals surface area contributed by atoms with Crippen molar-refractivity contribution in [3.8, 4) is 11.5 Å². The van der Waals surface area contributed by atoms with Crippen LogP contribution in [0.4, 0.5) is 9.59 Å². The molecule has 113 heavy (non-hydrogen) atoms. The number of piperidine rings is 2. The number of carbonyl (C=O) groups excluding carboxylic acids is 4. The van der Waals surface area contributed by atoms with Gasteiger partial charge in [-0.2, -0.15) is 0 Å². The van der Waals surface area contributed by atoms with Crippen LogP contribution in [-0.4, -0.2) is 492 Å². The molecule has 0 aromatic heterocycles. The Hall–Kier alpha value is -0.119. The SMILES string of the molecule is C[C@@H]1CN(C(=O)Oc2ccccc2)CC[C@H]1C(=O)c1ccc(Cl)c(Cl)c1.C[C@H]1CN(C(=O)Oc2ccccc2)CC[C@H]1C(=O)c1ccc(Cl)c(Cl)c1.[B][B]B(B([B])[B])B(B(B([B])[B])B([B])[B])B(B(B(B([B])[B])B([B])[B])B(B([B])[B])B([B])[B])B(B(B(B([B])[B])B([B])[B])B(B([B])[B])B([B])[B])B(B(B([B])[B])B([B])[B])B(B([B])[B])B([B])[B]. The van der Waals surface area contributed by atoms with E-state index in [0.29, 0.717) is 81.7 Å². The summed E-state index contributed by atoms with van der Waals surface area (Å²) >= 11 is 23.9. The zero-order valence-corrected chi connectivity index (χ0v) is 66.9. The predicted octanol–water partition coefficient (Wildman–Crippen LogP) is -12.6. The van der Waals surface area contributed by atoms with E-state index in [1.54, 1.807) is 70.5 Å². The molecule has 4 atom stereocenters. The van der Waals surface area contributed by atoms with Crippen LogP contribution in [0.2, 0.25) is 20.1 Å². The fourth-order valence-corrected chi connectivity index (χ4v) is 17.6. The lowest BCUT2D eigenvalue weighted by Gasteiger charge is -2.59. The lowest BCUT2D eigenvalue weighted by molar-refractivity contribution is 0.0721. The number of benzene rings is 4. The van der Waals surface area contributed by atoms with Gasteiger partial charge in [0.2, 0.25) is 0 Å². The highest BCUT2D eigenvalue weighted by Gasteiger charge is 2.63. The van der Waals surface area contributed by atoms with Crippen LogP contribution in [-0.2, 0) is 0 Å². The lowest BCUT2D eigenvalue weighted by Crippen LogP contribution is -2.97. The van der Waals surface area contributed by atoms with Crippen molar-refractivity contribution < 1.29 is 28.7 Å². The Morgan fingerprint density at radius 1 is 0.327 bits per heavy atom. The van der Waals surface area contributed by atoms with Gasteiger partial charge >= 0.3 is 12.2 Å². The number of amides is 2. The van der Waals surface area contributed by atoms with Crippen molar-refractivity contribution in [3.63, 3.8) is 0 Å². The molecule has 0 bridgehead atoms. The molecule has 2 heterocycles. The molecule has 455 valence electrons. The number of carbonyl (C=O) groups is 4. The van der Waals surface area contributed by atoms with Gasteiger partial charge in [-0.15, -0.1) is 0 Å². The molecule has 4 aromatic carbocycles. The second-order valence-corrected chi connectivity index (χ2v) is 31.5. The zero-order valence-electron chi connectivity index (χ0n) is 63.9. The number of halogens is 4. The van der Waals surface area contributed by atoms with Crippen molar-refractivity contribution in [2.45, 2.75) is 26.7 Å². The van der Waals surface area contributed by atoms with Crippen LogP contribution < -0.4 is 9.47 Å². The quantitative estimate of drug-likeness (QED) is 0.0337. The first-order valence-corrected chi connectivity index (χ1v) is 38.4. The van der Waals surface area contributed by atoms with Crippen LogP contribution in [0.1, 0.15) is 47.4 Å². The molecule has 63 radical (unpaired) electrons. The Labute approximate surface area is 750 Å². The lowest BCUT2D eigenvalue weighted by atomic mass is 8.22. The molecule has 2 aliphatic heterocycles. The van der Waals surface area contributed by atoms with Crippen molar-refractivity contribution in [1.82, 2.24) is 9.80 Å². The minimum Gasteiger partial charge on any atom is -0.410 e. The van der Waals surface area contributed by atoms with E-state index in [0.717, 1.165) is 7.06 Å². The van der Waals surface area contributed by atoms with Gasteiger partial charge in [0.1, 0.15) is 11.5 Å². The van der Waals surface area contributed by atoms with E-state index in [9.17, 15) is 19.2 Å². The molecule has 2 fully saturated rings. The van der Waals surface area contributed by atoms with E-state index in [-0.39, 0.29) is 47.4 Å². The average Bonchev–Trinajstić information content (AvgIpc) is 0.724. The van der Waals surface area contributed by atoms with Crippen LogP contribution in [0.25, 0.3) is 0 Å². The van der Waals surface area contributed by atoms with Crippen molar-refractivity contribution in [2.24, 2.45) is 23.7 Å². The summed E-state index contributed by atoms with van der Waals surface area (Å²) in [7, 11) is 206. The number of hydrogen-bond acceptors (Lipinski definition) is 6. The van der Waals surface area contributed by atoms with Crippen molar-refractivity contribution >= 4 is 502 Å². The van der Waals surface area contributed by atoms with Crippen molar-refractivity contribution in [3.05, 3.63) is 128 Å². The largest absolute Gasteiger partial charge is 0.415 e. The van der Waals surface area contributed by atoms with Gasteiger partial charge in [0.05, 0.1) is 20.1 Å². The van der Waals surface area contributed by atoms with E-state index in [1.165, 1.54) is 0 Å². The molecule has 6 rings (SSSR count). The summed E-state index contributed by atoms with van der Waals surface area (Å²) in [5, 5.41) is 1.59. The number of hydrogen-bond donors (Lipinski definition) is 0. The highest BCUT2D eigenvalue weighted by atomic mass is 35.5. The maximum atomic E-state index is 12.8. The Balaban J connectivity index is 0.000000417. The van der Waals surface area contributed by atoms with Crippen LogP contribution >= 0.6 is 46.4 Å². The maximum absolute atomic E-state index is 12.8. The number of ether oxygens (including phenoxy) is 2. The summed E-state index contributed by atoms with van der Waals surface area (Å²) in [6, 6.07) is 27.8. The van der Waals surface area contributed by atoms with E-state index in [1.807, 2.05) is 50.2 Å². The topological polar surface area (TPSA) is 93.2 Å². The summed E-state index contributed by atoms with van der Waals surface area (Å²) in [5.74, 6) is 0.821. The molecule has 0 saturated carbocycles. The molecule has 0 N–H and O–H groups in total. The summed E-state index contributed by atoms with van der Waals surface area (Å²) < 4.78 is 10.8. The minimum absolute atomic E-state index is 0.0222. The van der Waals surface area contributed by atoms with Gasteiger partial charge in [-0.25, -0.2) is 9.59 Å². The highest BCUT2D eigenvalue weighted by molar-refractivity contribution is 8.38. The van der Waals surface area contributed by atoms with Gasteiger partial charge < -0.3 is 19.3 Å². The monoisotopic (exact) mass is 1450 g/mol. The molecule has 8 nitrogen and oxygen atoms in total. The number of rotatable bonds is 35. The molecule has 0 unspecified atom stereocenters. The van der Waals surface area contributed by atoms with Gasteiger partial charge in [0.25, 0.3) is 0 Å². The summed E-state index contributed by atoms with van der Waals surface area (Å²) in [6.07, 6.45) is -40.8. The smallest absolute Gasteiger partial charge is 0.410 e.